The van der Waals surface area contributed by atoms with E-state index in [4.69, 9.17) is 4.74 Å². The van der Waals surface area contributed by atoms with Crippen LogP contribution in [0.5, 0.6) is 0 Å². The van der Waals surface area contributed by atoms with E-state index in [1.54, 1.807) is 6.92 Å². The van der Waals surface area contributed by atoms with Gasteiger partial charge in [0.1, 0.15) is 4.32 Å². The minimum absolute atomic E-state index is 0.109. The zero-order valence-corrected chi connectivity index (χ0v) is 17.9. The van der Waals surface area contributed by atoms with E-state index in [0.717, 1.165) is 18.8 Å². The van der Waals surface area contributed by atoms with Crippen molar-refractivity contribution in [1.82, 2.24) is 4.90 Å². The van der Waals surface area contributed by atoms with Gasteiger partial charge in [0.15, 0.2) is 0 Å². The van der Waals surface area contributed by atoms with Gasteiger partial charge in [0.25, 0.3) is 0 Å². The summed E-state index contributed by atoms with van der Waals surface area (Å²) in [6.45, 7) is 10.1. The van der Waals surface area contributed by atoms with Crippen LogP contribution in [0.3, 0.4) is 0 Å². The predicted octanol–water partition coefficient (Wildman–Crippen LogP) is 4.40. The molecule has 0 aliphatic heterocycles. The molecule has 24 heavy (non-hydrogen) atoms. The first kappa shape index (κ1) is 21.5. The van der Waals surface area contributed by atoms with Gasteiger partial charge in [-0.15, -0.1) is 0 Å². The van der Waals surface area contributed by atoms with E-state index in [-0.39, 0.29) is 11.9 Å². The van der Waals surface area contributed by atoms with Crippen LogP contribution in [-0.4, -0.2) is 41.3 Å². The van der Waals surface area contributed by atoms with E-state index in [1.807, 2.05) is 25.8 Å². The van der Waals surface area contributed by atoms with Gasteiger partial charge >= 0.3 is 5.97 Å². The fraction of sp³-hybridized carbons (Fsp3) is 0.895. The van der Waals surface area contributed by atoms with Crippen molar-refractivity contribution in [3.8, 4) is 0 Å². The molecule has 0 bridgehead atoms. The first-order valence-corrected chi connectivity index (χ1v) is 9.84. The highest BCUT2D eigenvalue weighted by Gasteiger charge is 2.45. The molecule has 4 unspecified atom stereocenters. The van der Waals surface area contributed by atoms with E-state index in [0.29, 0.717) is 18.4 Å². The minimum Gasteiger partial charge on any atom is -0.468 e. The molecule has 1 aliphatic carbocycles. The molecule has 0 spiro atoms. The quantitative estimate of drug-likeness (QED) is 0.467. The van der Waals surface area contributed by atoms with Crippen molar-refractivity contribution in [2.45, 2.75) is 77.1 Å². The van der Waals surface area contributed by atoms with Gasteiger partial charge in [-0.05, 0) is 38.0 Å². The highest BCUT2D eigenvalue weighted by Crippen LogP contribution is 2.41. The fourth-order valence-corrected chi connectivity index (χ4v) is 5.14. The number of hydrogen-bond donors (Lipinski definition) is 0. The van der Waals surface area contributed by atoms with Crippen LogP contribution in [0.25, 0.3) is 0 Å². The number of esters is 1. The Balaban J connectivity index is 2.88. The first-order chi connectivity index (χ1) is 11.0. The monoisotopic (exact) mass is 403 g/mol. The van der Waals surface area contributed by atoms with Crippen LogP contribution < -0.4 is 0 Å². The van der Waals surface area contributed by atoms with Crippen molar-refractivity contribution < 1.29 is 14.3 Å². The van der Waals surface area contributed by atoms with Crippen molar-refractivity contribution in [3.05, 3.63) is 0 Å². The Bertz CT molecular complexity index is 462. The average Bonchev–Trinajstić information content (AvgIpc) is 2.94. The third kappa shape index (κ3) is 4.74. The molecule has 0 aromatic rings. The van der Waals surface area contributed by atoms with Crippen LogP contribution in [0.15, 0.2) is 0 Å². The van der Waals surface area contributed by atoms with Crippen LogP contribution in [-0.2, 0) is 14.3 Å². The second-order valence-electron chi connectivity index (χ2n) is 8.15. The van der Waals surface area contributed by atoms with Crippen molar-refractivity contribution in [1.29, 1.82) is 0 Å². The highest BCUT2D eigenvalue weighted by molar-refractivity contribution is 9.10. The smallest absolute Gasteiger partial charge is 0.322 e. The van der Waals surface area contributed by atoms with E-state index >= 15 is 0 Å². The molecule has 1 amide bonds. The first-order valence-electron chi connectivity index (χ1n) is 9.04. The molecule has 0 radical (unpaired) electrons. The summed E-state index contributed by atoms with van der Waals surface area (Å²) < 4.78 is 4.00. The summed E-state index contributed by atoms with van der Waals surface area (Å²) in [4.78, 5) is 27.0. The molecular weight excluding hydrogens is 370 g/mol. The number of hydrogen-bond acceptors (Lipinski definition) is 3. The molecular formula is C19H34BrNO3. The molecule has 0 N–H and O–H groups in total. The van der Waals surface area contributed by atoms with Crippen LogP contribution in [0.4, 0.5) is 0 Å². The fourth-order valence-electron chi connectivity index (χ4n) is 4.28. The molecule has 140 valence electrons. The summed E-state index contributed by atoms with van der Waals surface area (Å²) in [5.74, 6) is 1.06. The van der Waals surface area contributed by atoms with Crippen molar-refractivity contribution >= 4 is 27.8 Å². The minimum atomic E-state index is -0.854. The Morgan fingerprint density at radius 2 is 1.75 bits per heavy atom. The third-order valence-electron chi connectivity index (χ3n) is 5.64. The highest BCUT2D eigenvalue weighted by atomic mass is 79.9. The molecule has 0 aromatic heterocycles. The topological polar surface area (TPSA) is 46.6 Å². The van der Waals surface area contributed by atoms with Gasteiger partial charge in [0, 0.05) is 18.5 Å². The number of amides is 1. The molecule has 1 saturated carbocycles. The summed E-state index contributed by atoms with van der Waals surface area (Å²) in [6.07, 6.45) is 5.00. The SMILES string of the molecule is CCC1CC(CC)C(N(C)C(=O)C(C)(C)CC(C)(Br)C(=O)OC)C1. The average molecular weight is 404 g/mol. The lowest BCUT2D eigenvalue weighted by Crippen LogP contribution is -2.48. The Labute approximate surface area is 155 Å². The van der Waals surface area contributed by atoms with Crippen LogP contribution in [0, 0.1) is 17.3 Å². The molecule has 0 heterocycles. The molecule has 4 nitrogen and oxygen atoms in total. The second-order valence-corrected chi connectivity index (χ2v) is 9.90. The number of halogens is 1. The molecule has 4 atom stereocenters. The second kappa shape index (κ2) is 8.20. The number of methoxy groups -OCH3 is 1. The lowest BCUT2D eigenvalue weighted by Gasteiger charge is -2.38. The van der Waals surface area contributed by atoms with Gasteiger partial charge in [0.05, 0.1) is 7.11 Å². The summed E-state index contributed by atoms with van der Waals surface area (Å²) in [6, 6.07) is 0.312. The van der Waals surface area contributed by atoms with Crippen LogP contribution >= 0.6 is 15.9 Å². The Hall–Kier alpha value is -0.580. The predicted molar refractivity (Wildman–Crippen MR) is 101 cm³/mol. The van der Waals surface area contributed by atoms with Gasteiger partial charge in [-0.2, -0.15) is 0 Å². The Kier molecular flexibility index (Phi) is 7.33. The molecule has 0 saturated heterocycles. The largest absolute Gasteiger partial charge is 0.468 e. The van der Waals surface area contributed by atoms with Gasteiger partial charge < -0.3 is 9.64 Å². The van der Waals surface area contributed by atoms with Gasteiger partial charge in [-0.1, -0.05) is 56.5 Å². The maximum absolute atomic E-state index is 13.1. The maximum atomic E-state index is 13.1. The van der Waals surface area contributed by atoms with Crippen molar-refractivity contribution in [2.24, 2.45) is 17.3 Å². The molecule has 1 fully saturated rings. The van der Waals surface area contributed by atoms with Gasteiger partial charge in [-0.25, -0.2) is 0 Å². The number of ether oxygens (including phenoxy) is 1. The standard InChI is InChI=1S/C19H34BrNO3/c1-8-13-10-14(9-2)15(11-13)21(6)16(22)18(3,4)12-19(5,20)17(23)24-7/h13-15H,8-12H2,1-7H3. The summed E-state index contributed by atoms with van der Waals surface area (Å²) >= 11 is 3.45. The summed E-state index contributed by atoms with van der Waals surface area (Å²) in [5, 5.41) is 0. The normalized spacial score (nSPS) is 26.8. The number of rotatable bonds is 7. The Morgan fingerprint density at radius 3 is 2.21 bits per heavy atom. The number of nitrogens with zero attached hydrogens (tertiary/aromatic N) is 1. The van der Waals surface area contributed by atoms with Crippen molar-refractivity contribution in [3.63, 3.8) is 0 Å². The number of carbonyl (C=O) groups excluding carboxylic acids is 2. The van der Waals surface area contributed by atoms with Gasteiger partial charge in [-0.3, -0.25) is 9.59 Å². The number of carbonyl (C=O) groups is 2. The van der Waals surface area contributed by atoms with E-state index in [2.05, 4.69) is 29.8 Å². The maximum Gasteiger partial charge on any atom is 0.322 e. The molecule has 5 heteroatoms. The zero-order valence-electron chi connectivity index (χ0n) is 16.3. The van der Waals surface area contributed by atoms with E-state index in [1.165, 1.54) is 20.0 Å². The lowest BCUT2D eigenvalue weighted by molar-refractivity contribution is -0.147. The van der Waals surface area contributed by atoms with Crippen molar-refractivity contribution in [2.75, 3.05) is 14.2 Å². The van der Waals surface area contributed by atoms with Crippen LogP contribution in [0.1, 0.15) is 66.7 Å². The zero-order chi connectivity index (χ0) is 18.7. The number of alkyl halides is 1. The summed E-state index contributed by atoms with van der Waals surface area (Å²) in [5.41, 5.74) is -0.635. The van der Waals surface area contributed by atoms with Gasteiger partial charge in [0.2, 0.25) is 5.91 Å². The molecule has 1 aliphatic rings. The molecule has 0 aromatic carbocycles. The van der Waals surface area contributed by atoms with Crippen LogP contribution in [0.2, 0.25) is 0 Å². The Morgan fingerprint density at radius 1 is 1.17 bits per heavy atom. The third-order valence-corrected chi connectivity index (χ3v) is 6.24. The van der Waals surface area contributed by atoms with E-state index < -0.39 is 9.74 Å². The summed E-state index contributed by atoms with van der Waals surface area (Å²) in [7, 11) is 3.30. The molecule has 1 rings (SSSR count). The lowest BCUT2D eigenvalue weighted by atomic mass is 9.81. The van der Waals surface area contributed by atoms with E-state index in [9.17, 15) is 9.59 Å².